The molecule has 0 aliphatic heterocycles. The maximum Gasteiger partial charge on any atom is 0.123 e. The van der Waals surface area contributed by atoms with Gasteiger partial charge in [0.25, 0.3) is 0 Å². The number of nitrogens with two attached hydrogens (primary N) is 1. The fraction of sp³-hybridized carbons (Fsp3) is 0.538. The van der Waals surface area contributed by atoms with Gasteiger partial charge in [0.1, 0.15) is 5.82 Å². The zero-order valence-electron chi connectivity index (χ0n) is 9.45. The van der Waals surface area contributed by atoms with Crippen LogP contribution in [0.25, 0.3) is 0 Å². The Morgan fingerprint density at radius 1 is 1.25 bits per heavy atom. The highest BCUT2D eigenvalue weighted by molar-refractivity contribution is 5.23. The van der Waals surface area contributed by atoms with Gasteiger partial charge in [-0.3, -0.25) is 0 Å². The lowest BCUT2D eigenvalue weighted by atomic mass is 9.76. The van der Waals surface area contributed by atoms with Gasteiger partial charge in [-0.25, -0.2) is 4.39 Å². The van der Waals surface area contributed by atoms with Crippen LogP contribution in [0.4, 0.5) is 4.39 Å². The molecule has 3 N–H and O–H groups in total. The summed E-state index contributed by atoms with van der Waals surface area (Å²) in [6.07, 6.45) is 3.37. The lowest BCUT2D eigenvalue weighted by Gasteiger charge is -2.36. The Hall–Kier alpha value is -0.930. The van der Waals surface area contributed by atoms with Crippen molar-refractivity contribution < 1.29 is 4.39 Å². The molecule has 1 fully saturated rings. The van der Waals surface area contributed by atoms with Crippen molar-refractivity contribution in [2.45, 2.75) is 31.2 Å². The van der Waals surface area contributed by atoms with Crippen LogP contribution < -0.4 is 11.1 Å². The van der Waals surface area contributed by atoms with Crippen LogP contribution in [0.5, 0.6) is 0 Å². The van der Waals surface area contributed by atoms with Crippen LogP contribution in [0, 0.1) is 5.82 Å². The summed E-state index contributed by atoms with van der Waals surface area (Å²) in [6, 6.07) is 7.52. The van der Waals surface area contributed by atoms with Crippen LogP contribution >= 0.6 is 0 Å². The van der Waals surface area contributed by atoms with Gasteiger partial charge in [-0.15, -0.1) is 0 Å². The molecule has 3 heteroatoms. The van der Waals surface area contributed by atoms with Crippen LogP contribution in [0.3, 0.4) is 0 Å². The molecule has 1 aromatic carbocycles. The van der Waals surface area contributed by atoms with Crippen molar-refractivity contribution in [2.24, 2.45) is 5.73 Å². The van der Waals surface area contributed by atoms with Gasteiger partial charge in [0.15, 0.2) is 0 Å². The van der Waals surface area contributed by atoms with E-state index >= 15 is 0 Å². The Morgan fingerprint density at radius 2 is 1.94 bits per heavy atom. The summed E-state index contributed by atoms with van der Waals surface area (Å²) in [5.74, 6) is 0.455. The van der Waals surface area contributed by atoms with Crippen molar-refractivity contribution in [1.29, 1.82) is 0 Å². The monoisotopic (exact) mass is 222 g/mol. The maximum atomic E-state index is 12.7. The molecule has 0 radical (unpaired) electrons. The molecule has 1 aromatic rings. The van der Waals surface area contributed by atoms with Gasteiger partial charge in [-0.05, 0) is 56.0 Å². The first-order valence-electron chi connectivity index (χ1n) is 5.98. The predicted molar refractivity (Wildman–Crippen MR) is 63.8 cm³/mol. The Kier molecular flexibility index (Phi) is 3.91. The minimum atomic E-state index is -0.152. The summed E-state index contributed by atoms with van der Waals surface area (Å²) < 4.78 is 12.7. The standard InChI is InChI=1S/C13H19FN2/c14-12-4-2-10(3-5-12)11-8-13(9-11)16-7-1-6-15/h2-5,11,13,16H,1,6-9,15H2. The molecule has 0 spiro atoms. The SMILES string of the molecule is NCCCNC1CC(c2ccc(F)cc2)C1. The molecule has 88 valence electrons. The van der Waals surface area contributed by atoms with E-state index in [9.17, 15) is 4.39 Å². The highest BCUT2D eigenvalue weighted by atomic mass is 19.1. The first kappa shape index (κ1) is 11.6. The number of hydrogen-bond acceptors (Lipinski definition) is 2. The van der Waals surface area contributed by atoms with E-state index in [1.807, 2.05) is 12.1 Å². The van der Waals surface area contributed by atoms with E-state index < -0.39 is 0 Å². The highest BCUT2D eigenvalue weighted by Crippen LogP contribution is 2.36. The van der Waals surface area contributed by atoms with Crippen molar-refractivity contribution >= 4 is 0 Å². The summed E-state index contributed by atoms with van der Waals surface area (Å²) >= 11 is 0. The van der Waals surface area contributed by atoms with Gasteiger partial charge in [0, 0.05) is 6.04 Å². The largest absolute Gasteiger partial charge is 0.330 e. The lowest BCUT2D eigenvalue weighted by molar-refractivity contribution is 0.291. The number of halogens is 1. The Labute approximate surface area is 96.0 Å². The van der Waals surface area contributed by atoms with E-state index in [0.717, 1.165) is 32.4 Å². The van der Waals surface area contributed by atoms with E-state index in [2.05, 4.69) is 5.32 Å². The molecule has 0 amide bonds. The topological polar surface area (TPSA) is 38.0 Å². The molecule has 0 aromatic heterocycles. The zero-order valence-corrected chi connectivity index (χ0v) is 9.45. The van der Waals surface area contributed by atoms with Gasteiger partial charge >= 0.3 is 0 Å². The third kappa shape index (κ3) is 2.80. The van der Waals surface area contributed by atoms with E-state index in [0.29, 0.717) is 12.0 Å². The predicted octanol–water partition coefficient (Wildman–Crippen LogP) is 2.01. The molecule has 1 saturated carbocycles. The van der Waals surface area contributed by atoms with Gasteiger partial charge < -0.3 is 11.1 Å². The van der Waals surface area contributed by atoms with Crippen molar-refractivity contribution in [2.75, 3.05) is 13.1 Å². The van der Waals surface area contributed by atoms with E-state index in [1.165, 1.54) is 5.56 Å². The van der Waals surface area contributed by atoms with Crippen molar-refractivity contribution in [1.82, 2.24) is 5.32 Å². The van der Waals surface area contributed by atoms with Crippen LogP contribution in [0.2, 0.25) is 0 Å². The summed E-state index contributed by atoms with van der Waals surface area (Å²) in [5.41, 5.74) is 6.69. The zero-order chi connectivity index (χ0) is 11.4. The molecule has 0 unspecified atom stereocenters. The van der Waals surface area contributed by atoms with Crippen LogP contribution in [0.15, 0.2) is 24.3 Å². The second-order valence-corrected chi connectivity index (χ2v) is 4.51. The van der Waals surface area contributed by atoms with E-state index in [-0.39, 0.29) is 5.82 Å². The summed E-state index contributed by atoms with van der Waals surface area (Å²) in [6.45, 7) is 1.76. The minimum Gasteiger partial charge on any atom is -0.330 e. The van der Waals surface area contributed by atoms with E-state index in [1.54, 1.807) is 12.1 Å². The summed E-state index contributed by atoms with van der Waals surface area (Å²) in [4.78, 5) is 0. The molecule has 0 saturated heterocycles. The first-order valence-corrected chi connectivity index (χ1v) is 5.98. The van der Waals surface area contributed by atoms with Crippen LogP contribution in [-0.2, 0) is 0 Å². The fourth-order valence-electron chi connectivity index (χ4n) is 2.20. The fourth-order valence-corrected chi connectivity index (χ4v) is 2.20. The second kappa shape index (κ2) is 5.41. The van der Waals surface area contributed by atoms with Crippen molar-refractivity contribution in [3.05, 3.63) is 35.6 Å². The molecule has 1 aliphatic rings. The molecule has 0 heterocycles. The minimum absolute atomic E-state index is 0.152. The number of nitrogens with one attached hydrogen (secondary N) is 1. The second-order valence-electron chi connectivity index (χ2n) is 4.51. The Balaban J connectivity index is 1.73. The molecule has 0 bridgehead atoms. The smallest absolute Gasteiger partial charge is 0.123 e. The first-order chi connectivity index (χ1) is 7.79. The third-order valence-electron chi connectivity index (χ3n) is 3.29. The quantitative estimate of drug-likeness (QED) is 0.748. The summed E-state index contributed by atoms with van der Waals surface area (Å²) in [7, 11) is 0. The van der Waals surface area contributed by atoms with Gasteiger partial charge in [0.05, 0.1) is 0 Å². The normalized spacial score (nSPS) is 24.1. The molecule has 16 heavy (non-hydrogen) atoms. The molecular formula is C13H19FN2. The number of benzene rings is 1. The van der Waals surface area contributed by atoms with Gasteiger partial charge in [0.2, 0.25) is 0 Å². The molecule has 1 aliphatic carbocycles. The van der Waals surface area contributed by atoms with Gasteiger partial charge in [-0.2, -0.15) is 0 Å². The van der Waals surface area contributed by atoms with Crippen molar-refractivity contribution in [3.8, 4) is 0 Å². The Bertz CT molecular complexity index is 317. The van der Waals surface area contributed by atoms with Gasteiger partial charge in [-0.1, -0.05) is 12.1 Å². The average molecular weight is 222 g/mol. The molecular weight excluding hydrogens is 203 g/mol. The molecule has 2 rings (SSSR count). The molecule has 2 nitrogen and oxygen atoms in total. The van der Waals surface area contributed by atoms with Crippen LogP contribution in [-0.4, -0.2) is 19.1 Å². The average Bonchev–Trinajstić information content (AvgIpc) is 2.23. The van der Waals surface area contributed by atoms with Crippen molar-refractivity contribution in [3.63, 3.8) is 0 Å². The van der Waals surface area contributed by atoms with E-state index in [4.69, 9.17) is 5.73 Å². The molecule has 0 atom stereocenters. The number of rotatable bonds is 5. The highest BCUT2D eigenvalue weighted by Gasteiger charge is 2.29. The van der Waals surface area contributed by atoms with Crippen LogP contribution in [0.1, 0.15) is 30.7 Å². The lowest BCUT2D eigenvalue weighted by Crippen LogP contribution is -2.40. The number of hydrogen-bond donors (Lipinski definition) is 2. The maximum absolute atomic E-state index is 12.7. The summed E-state index contributed by atoms with van der Waals surface area (Å²) in [5, 5.41) is 3.48. The third-order valence-corrected chi connectivity index (χ3v) is 3.29. The Morgan fingerprint density at radius 3 is 2.56 bits per heavy atom.